The Labute approximate surface area is 178 Å². The highest BCUT2D eigenvalue weighted by atomic mass is 32.1. The van der Waals surface area contributed by atoms with Gasteiger partial charge in [0.1, 0.15) is 28.1 Å². The maximum Gasteiger partial charge on any atom is 0.263 e. The van der Waals surface area contributed by atoms with E-state index in [0.29, 0.717) is 21.3 Å². The van der Waals surface area contributed by atoms with Gasteiger partial charge in [0, 0.05) is 5.69 Å². The summed E-state index contributed by atoms with van der Waals surface area (Å²) < 4.78 is 18.5. The number of amides is 2. The molecule has 0 saturated heterocycles. The van der Waals surface area contributed by atoms with Crippen LogP contribution in [0.1, 0.15) is 31.5 Å². The van der Waals surface area contributed by atoms with Crippen LogP contribution in [0.25, 0.3) is 0 Å². The van der Waals surface area contributed by atoms with Crippen LogP contribution in [0, 0.1) is 26.6 Å². The topological polar surface area (TPSA) is 80.3 Å². The highest BCUT2D eigenvalue weighted by Crippen LogP contribution is 2.21. The molecule has 0 saturated carbocycles. The van der Waals surface area contributed by atoms with E-state index in [9.17, 15) is 14.0 Å². The molecule has 0 fully saturated rings. The fraction of sp³-hybridized carbons (Fsp3) is 0.227. The zero-order chi connectivity index (χ0) is 21.7. The van der Waals surface area contributed by atoms with E-state index < -0.39 is 0 Å². The first-order valence-corrected chi connectivity index (χ1v) is 10.1. The van der Waals surface area contributed by atoms with E-state index in [-0.39, 0.29) is 30.8 Å². The Kier molecular flexibility index (Phi) is 6.79. The number of carbonyl (C=O) groups is 2. The Morgan fingerprint density at radius 3 is 2.57 bits per heavy atom. The number of ether oxygens (including phenoxy) is 1. The molecule has 1 heterocycles. The van der Waals surface area contributed by atoms with E-state index in [1.807, 2.05) is 32.0 Å². The Morgan fingerprint density at radius 1 is 1.10 bits per heavy atom. The van der Waals surface area contributed by atoms with Crippen LogP contribution in [0.4, 0.5) is 10.1 Å². The maximum atomic E-state index is 12.9. The number of hydrogen-bond donors (Lipinski definition) is 2. The zero-order valence-electron chi connectivity index (χ0n) is 16.9. The number of nitrogens with one attached hydrogen (secondary N) is 2. The third-order valence-electron chi connectivity index (χ3n) is 4.51. The number of thiazole rings is 1. The lowest BCUT2D eigenvalue weighted by Gasteiger charge is -2.10. The molecule has 3 aromatic rings. The van der Waals surface area contributed by atoms with Crippen molar-refractivity contribution in [3.05, 3.63) is 75.0 Å². The number of carbonyl (C=O) groups excluding carboxylic acids is 2. The Hall–Kier alpha value is -3.26. The molecule has 6 nitrogen and oxygen atoms in total. The van der Waals surface area contributed by atoms with Crippen LogP contribution in [0.15, 0.2) is 42.5 Å². The molecule has 2 amide bonds. The van der Waals surface area contributed by atoms with E-state index in [0.717, 1.165) is 16.8 Å². The van der Waals surface area contributed by atoms with Crippen LogP contribution < -0.4 is 15.4 Å². The minimum Gasteiger partial charge on any atom is -0.486 e. The fourth-order valence-corrected chi connectivity index (χ4v) is 3.62. The quantitative estimate of drug-likeness (QED) is 0.594. The zero-order valence-corrected chi connectivity index (χ0v) is 17.7. The molecule has 8 heteroatoms. The summed E-state index contributed by atoms with van der Waals surface area (Å²) in [5.41, 5.74) is 3.35. The summed E-state index contributed by atoms with van der Waals surface area (Å²) in [6, 6.07) is 11.3. The van der Waals surface area contributed by atoms with Crippen molar-refractivity contribution >= 4 is 28.8 Å². The predicted molar refractivity (Wildman–Crippen MR) is 114 cm³/mol. The Morgan fingerprint density at radius 2 is 1.83 bits per heavy atom. The van der Waals surface area contributed by atoms with Crippen molar-refractivity contribution in [3.8, 4) is 5.75 Å². The molecule has 30 heavy (non-hydrogen) atoms. The number of halogens is 1. The van der Waals surface area contributed by atoms with Gasteiger partial charge in [-0.25, -0.2) is 9.37 Å². The highest BCUT2D eigenvalue weighted by molar-refractivity contribution is 7.13. The largest absolute Gasteiger partial charge is 0.486 e. The second kappa shape index (κ2) is 9.49. The highest BCUT2D eigenvalue weighted by Gasteiger charge is 2.17. The molecule has 0 radical (unpaired) electrons. The molecular formula is C22H22FN3O3S. The van der Waals surface area contributed by atoms with Crippen molar-refractivity contribution in [2.45, 2.75) is 27.4 Å². The number of rotatable bonds is 7. The molecule has 0 spiro atoms. The van der Waals surface area contributed by atoms with E-state index in [1.165, 1.54) is 35.6 Å². The number of nitrogens with zero attached hydrogens (tertiary/aromatic N) is 1. The first kappa shape index (κ1) is 21.4. The van der Waals surface area contributed by atoms with Gasteiger partial charge in [-0.1, -0.05) is 12.1 Å². The van der Waals surface area contributed by atoms with Crippen molar-refractivity contribution in [2.75, 3.05) is 11.9 Å². The van der Waals surface area contributed by atoms with Crippen molar-refractivity contribution in [3.63, 3.8) is 0 Å². The Bertz CT molecular complexity index is 1060. The maximum absolute atomic E-state index is 12.9. The molecule has 0 unspecified atom stereocenters. The van der Waals surface area contributed by atoms with E-state index in [2.05, 4.69) is 15.6 Å². The summed E-state index contributed by atoms with van der Waals surface area (Å²) in [7, 11) is 0. The third kappa shape index (κ3) is 5.42. The fourth-order valence-electron chi connectivity index (χ4n) is 2.72. The van der Waals surface area contributed by atoms with Gasteiger partial charge >= 0.3 is 0 Å². The SMILES string of the molecule is Cc1cccc(NC(=O)CNC(=O)c2sc(COc3ccc(F)cc3)nc2C)c1C. The van der Waals surface area contributed by atoms with Gasteiger partial charge in [0.2, 0.25) is 5.91 Å². The molecule has 0 aliphatic carbocycles. The first-order chi connectivity index (χ1) is 14.3. The van der Waals surface area contributed by atoms with Crippen molar-refractivity contribution < 1.29 is 18.7 Å². The van der Waals surface area contributed by atoms with Gasteiger partial charge in [0.05, 0.1) is 12.2 Å². The van der Waals surface area contributed by atoms with Gasteiger partial charge in [-0.05, 0) is 62.2 Å². The van der Waals surface area contributed by atoms with Crippen LogP contribution in [-0.2, 0) is 11.4 Å². The van der Waals surface area contributed by atoms with Gasteiger partial charge in [-0.2, -0.15) is 0 Å². The van der Waals surface area contributed by atoms with E-state index in [4.69, 9.17) is 4.74 Å². The van der Waals surface area contributed by atoms with Gasteiger partial charge in [-0.15, -0.1) is 11.3 Å². The molecular weight excluding hydrogens is 405 g/mol. The summed E-state index contributed by atoms with van der Waals surface area (Å²) in [6.07, 6.45) is 0. The number of aryl methyl sites for hydroxylation is 2. The summed E-state index contributed by atoms with van der Waals surface area (Å²) >= 11 is 1.20. The third-order valence-corrected chi connectivity index (χ3v) is 5.64. The van der Waals surface area contributed by atoms with E-state index >= 15 is 0 Å². The van der Waals surface area contributed by atoms with Gasteiger partial charge in [0.15, 0.2) is 0 Å². The molecule has 0 atom stereocenters. The second-order valence-electron chi connectivity index (χ2n) is 6.74. The molecule has 1 aromatic heterocycles. The predicted octanol–water partition coefficient (Wildman–Crippen LogP) is 4.15. The molecule has 2 N–H and O–H groups in total. The normalized spacial score (nSPS) is 10.5. The molecule has 0 aliphatic heterocycles. The molecule has 3 rings (SSSR count). The van der Waals surface area contributed by atoms with Crippen molar-refractivity contribution in [1.29, 1.82) is 0 Å². The number of hydrogen-bond acceptors (Lipinski definition) is 5. The van der Waals surface area contributed by atoms with E-state index in [1.54, 1.807) is 6.92 Å². The monoisotopic (exact) mass is 427 g/mol. The minimum absolute atomic E-state index is 0.148. The van der Waals surface area contributed by atoms with Crippen LogP contribution in [0.2, 0.25) is 0 Å². The molecule has 0 bridgehead atoms. The van der Waals surface area contributed by atoms with Crippen LogP contribution in [0.3, 0.4) is 0 Å². The van der Waals surface area contributed by atoms with Crippen LogP contribution >= 0.6 is 11.3 Å². The number of benzene rings is 2. The molecule has 0 aliphatic rings. The molecule has 156 valence electrons. The second-order valence-corrected chi connectivity index (χ2v) is 7.83. The summed E-state index contributed by atoms with van der Waals surface area (Å²) in [5, 5.41) is 6.04. The lowest BCUT2D eigenvalue weighted by atomic mass is 10.1. The number of aromatic nitrogens is 1. The van der Waals surface area contributed by atoms with Crippen molar-refractivity contribution in [2.24, 2.45) is 0 Å². The summed E-state index contributed by atoms with van der Waals surface area (Å²) in [6.45, 7) is 5.64. The average molecular weight is 428 g/mol. The van der Waals surface area contributed by atoms with Crippen molar-refractivity contribution in [1.82, 2.24) is 10.3 Å². The lowest BCUT2D eigenvalue weighted by Crippen LogP contribution is -2.32. The Balaban J connectivity index is 1.54. The van der Waals surface area contributed by atoms with Gasteiger partial charge < -0.3 is 15.4 Å². The van der Waals surface area contributed by atoms with Gasteiger partial charge in [-0.3, -0.25) is 9.59 Å². The molecule has 2 aromatic carbocycles. The van der Waals surface area contributed by atoms with Crippen LogP contribution in [0.5, 0.6) is 5.75 Å². The number of anilines is 1. The summed E-state index contributed by atoms with van der Waals surface area (Å²) in [4.78, 5) is 29.4. The average Bonchev–Trinajstić information content (AvgIpc) is 3.10. The first-order valence-electron chi connectivity index (χ1n) is 9.32. The summed E-state index contributed by atoms with van der Waals surface area (Å²) in [5.74, 6) is -0.500. The van der Waals surface area contributed by atoms with Gasteiger partial charge in [0.25, 0.3) is 5.91 Å². The minimum atomic E-state index is -0.367. The smallest absolute Gasteiger partial charge is 0.263 e. The van der Waals surface area contributed by atoms with Crippen LogP contribution in [-0.4, -0.2) is 23.3 Å². The lowest BCUT2D eigenvalue weighted by molar-refractivity contribution is -0.115. The standard InChI is InChI=1S/C22H22FN3O3S/c1-13-5-4-6-18(14(13)2)26-19(27)11-24-22(28)21-15(3)25-20(30-21)12-29-17-9-7-16(23)8-10-17/h4-10H,11-12H2,1-3H3,(H,24,28)(H,26,27).